The zero-order valence-electron chi connectivity index (χ0n) is 15.6. The molecule has 0 fully saturated rings. The third kappa shape index (κ3) is 4.20. The largest absolute Gasteiger partial charge is 0.478 e. The smallest absolute Gasteiger partial charge is 0.339 e. The third-order valence-electron chi connectivity index (χ3n) is 4.55. The van der Waals surface area contributed by atoms with Crippen molar-refractivity contribution in [1.29, 1.82) is 0 Å². The summed E-state index contributed by atoms with van der Waals surface area (Å²) in [7, 11) is 0. The SMILES string of the molecule is CC(C)CC(=O)N1CCc2c(sc(NC(=O)c3ccccc3Cl)c2C(=O)O)C1. The average molecular weight is 421 g/mol. The van der Waals surface area contributed by atoms with E-state index in [0.717, 1.165) is 4.88 Å². The molecule has 148 valence electrons. The van der Waals surface area contributed by atoms with Crippen LogP contribution < -0.4 is 5.32 Å². The van der Waals surface area contributed by atoms with E-state index in [-0.39, 0.29) is 28.0 Å². The van der Waals surface area contributed by atoms with Crippen LogP contribution in [0.3, 0.4) is 0 Å². The van der Waals surface area contributed by atoms with Crippen LogP contribution in [-0.2, 0) is 17.8 Å². The van der Waals surface area contributed by atoms with Crippen LogP contribution in [0.25, 0.3) is 0 Å². The minimum Gasteiger partial charge on any atom is -0.478 e. The van der Waals surface area contributed by atoms with Crippen LogP contribution in [0.5, 0.6) is 0 Å². The molecule has 0 radical (unpaired) electrons. The molecule has 1 aromatic heterocycles. The Morgan fingerprint density at radius 1 is 1.29 bits per heavy atom. The van der Waals surface area contributed by atoms with Crippen molar-refractivity contribution in [2.45, 2.75) is 33.2 Å². The second-order valence-corrected chi connectivity index (χ2v) is 8.62. The number of carbonyl (C=O) groups is 3. The molecule has 2 aromatic rings. The molecule has 0 saturated carbocycles. The van der Waals surface area contributed by atoms with Crippen molar-refractivity contribution >= 4 is 45.7 Å². The van der Waals surface area contributed by atoms with Gasteiger partial charge in [-0.15, -0.1) is 11.3 Å². The van der Waals surface area contributed by atoms with Gasteiger partial charge >= 0.3 is 5.97 Å². The fourth-order valence-corrected chi connectivity index (χ4v) is 4.70. The number of fused-ring (bicyclic) bond motifs is 1. The molecular weight excluding hydrogens is 400 g/mol. The number of benzene rings is 1. The van der Waals surface area contributed by atoms with Gasteiger partial charge in [-0.2, -0.15) is 0 Å². The van der Waals surface area contributed by atoms with Gasteiger partial charge in [0.25, 0.3) is 5.91 Å². The van der Waals surface area contributed by atoms with E-state index in [1.54, 1.807) is 29.2 Å². The molecule has 1 aliphatic rings. The van der Waals surface area contributed by atoms with E-state index in [1.165, 1.54) is 11.3 Å². The number of hydrogen-bond acceptors (Lipinski definition) is 4. The highest BCUT2D eigenvalue weighted by Gasteiger charge is 2.30. The zero-order chi connectivity index (χ0) is 20.4. The summed E-state index contributed by atoms with van der Waals surface area (Å²) in [5.41, 5.74) is 1.08. The van der Waals surface area contributed by atoms with Crippen LogP contribution in [0.4, 0.5) is 5.00 Å². The maximum atomic E-state index is 12.6. The number of thiophene rings is 1. The van der Waals surface area contributed by atoms with Crippen LogP contribution in [0, 0.1) is 5.92 Å². The molecule has 0 aliphatic carbocycles. The van der Waals surface area contributed by atoms with E-state index in [9.17, 15) is 19.5 Å². The van der Waals surface area contributed by atoms with Crippen LogP contribution in [0.2, 0.25) is 5.02 Å². The van der Waals surface area contributed by atoms with E-state index in [2.05, 4.69) is 5.32 Å². The summed E-state index contributed by atoms with van der Waals surface area (Å²) in [6.45, 7) is 4.83. The number of carbonyl (C=O) groups excluding carboxylic acids is 2. The summed E-state index contributed by atoms with van der Waals surface area (Å²) in [6, 6.07) is 6.59. The van der Waals surface area contributed by atoms with Gasteiger partial charge in [-0.25, -0.2) is 4.79 Å². The Balaban J connectivity index is 1.87. The predicted octanol–water partition coefficient (Wildman–Crippen LogP) is 4.28. The quantitative estimate of drug-likeness (QED) is 0.755. The molecule has 28 heavy (non-hydrogen) atoms. The fraction of sp³-hybridized carbons (Fsp3) is 0.350. The second kappa shape index (κ2) is 8.32. The molecule has 1 aliphatic heterocycles. The summed E-state index contributed by atoms with van der Waals surface area (Å²) in [4.78, 5) is 39.3. The van der Waals surface area contributed by atoms with E-state index >= 15 is 0 Å². The van der Waals surface area contributed by atoms with Crippen LogP contribution in [0.1, 0.15) is 51.4 Å². The summed E-state index contributed by atoms with van der Waals surface area (Å²) in [5, 5.41) is 13.0. The van der Waals surface area contributed by atoms with Crippen molar-refractivity contribution < 1.29 is 19.5 Å². The number of halogens is 1. The van der Waals surface area contributed by atoms with Crippen molar-refractivity contribution in [2.75, 3.05) is 11.9 Å². The molecular formula is C20H21ClN2O4S. The number of nitrogens with zero attached hydrogens (tertiary/aromatic N) is 1. The molecule has 0 spiro atoms. The zero-order valence-corrected chi connectivity index (χ0v) is 17.2. The predicted molar refractivity (Wildman–Crippen MR) is 109 cm³/mol. The lowest BCUT2D eigenvalue weighted by Gasteiger charge is -2.27. The van der Waals surface area contributed by atoms with Crippen LogP contribution in [-0.4, -0.2) is 34.3 Å². The maximum absolute atomic E-state index is 12.6. The Labute approximate surface area is 172 Å². The number of anilines is 1. The summed E-state index contributed by atoms with van der Waals surface area (Å²) in [6.07, 6.45) is 0.919. The molecule has 3 rings (SSSR count). The maximum Gasteiger partial charge on any atom is 0.339 e. The molecule has 2 amide bonds. The average Bonchev–Trinajstić information content (AvgIpc) is 2.98. The first-order chi connectivity index (χ1) is 13.3. The van der Waals surface area contributed by atoms with Crippen molar-refractivity contribution in [2.24, 2.45) is 5.92 Å². The highest BCUT2D eigenvalue weighted by Crippen LogP contribution is 2.38. The van der Waals surface area contributed by atoms with Gasteiger partial charge < -0.3 is 15.3 Å². The minimum absolute atomic E-state index is 0.0626. The molecule has 1 aromatic carbocycles. The van der Waals surface area contributed by atoms with Crippen molar-refractivity contribution in [3.05, 3.63) is 50.9 Å². The lowest BCUT2D eigenvalue weighted by Crippen LogP contribution is -2.36. The summed E-state index contributed by atoms with van der Waals surface area (Å²) < 4.78 is 0. The first-order valence-electron chi connectivity index (χ1n) is 8.99. The number of carboxylic acids is 1. The van der Waals surface area contributed by atoms with Crippen molar-refractivity contribution in [3.8, 4) is 0 Å². The first-order valence-corrected chi connectivity index (χ1v) is 10.2. The third-order valence-corrected chi connectivity index (χ3v) is 6.01. The first kappa shape index (κ1) is 20.4. The van der Waals surface area contributed by atoms with Crippen molar-refractivity contribution in [3.63, 3.8) is 0 Å². The number of nitrogens with one attached hydrogen (secondary N) is 1. The summed E-state index contributed by atoms with van der Waals surface area (Å²) >= 11 is 7.28. The lowest BCUT2D eigenvalue weighted by molar-refractivity contribution is -0.132. The van der Waals surface area contributed by atoms with Gasteiger partial charge in [0, 0.05) is 17.8 Å². The van der Waals surface area contributed by atoms with Gasteiger partial charge in [0.2, 0.25) is 5.91 Å². The van der Waals surface area contributed by atoms with Crippen LogP contribution >= 0.6 is 22.9 Å². The summed E-state index contributed by atoms with van der Waals surface area (Å²) in [5.74, 6) is -1.22. The topological polar surface area (TPSA) is 86.7 Å². The second-order valence-electron chi connectivity index (χ2n) is 7.11. The van der Waals surface area contributed by atoms with Gasteiger partial charge in [-0.3, -0.25) is 9.59 Å². The lowest BCUT2D eigenvalue weighted by atomic mass is 10.0. The van der Waals surface area contributed by atoms with E-state index in [0.29, 0.717) is 36.5 Å². The van der Waals surface area contributed by atoms with Crippen molar-refractivity contribution in [1.82, 2.24) is 4.90 Å². The molecule has 0 saturated heterocycles. The monoisotopic (exact) mass is 420 g/mol. The molecule has 6 nitrogen and oxygen atoms in total. The Hall–Kier alpha value is -2.38. The minimum atomic E-state index is -1.09. The molecule has 0 bridgehead atoms. The van der Waals surface area contributed by atoms with E-state index < -0.39 is 11.9 Å². The Bertz CT molecular complexity index is 938. The normalized spacial score (nSPS) is 13.4. The molecule has 0 atom stereocenters. The highest BCUT2D eigenvalue weighted by molar-refractivity contribution is 7.17. The number of carboxylic acid groups (broad SMARTS) is 1. The Morgan fingerprint density at radius 3 is 2.64 bits per heavy atom. The van der Waals surface area contributed by atoms with Gasteiger partial charge in [0.05, 0.1) is 22.7 Å². The fourth-order valence-electron chi connectivity index (χ4n) is 3.22. The number of aromatic carboxylic acids is 1. The number of amides is 2. The van der Waals surface area contributed by atoms with E-state index in [4.69, 9.17) is 11.6 Å². The molecule has 2 N–H and O–H groups in total. The van der Waals surface area contributed by atoms with E-state index in [1.807, 2.05) is 13.8 Å². The molecule has 0 unspecified atom stereocenters. The number of hydrogen-bond donors (Lipinski definition) is 2. The highest BCUT2D eigenvalue weighted by atomic mass is 35.5. The van der Waals surface area contributed by atoms with Crippen LogP contribution in [0.15, 0.2) is 24.3 Å². The van der Waals surface area contributed by atoms with Gasteiger partial charge in [0.1, 0.15) is 5.00 Å². The standard InChI is InChI=1S/C20H21ClN2O4S/c1-11(2)9-16(24)23-8-7-13-15(10-23)28-19(17(13)20(26)27)22-18(25)12-5-3-4-6-14(12)21/h3-6,11H,7-10H2,1-2H3,(H,22,25)(H,26,27). The number of rotatable bonds is 5. The van der Waals surface area contributed by atoms with Gasteiger partial charge in [0.15, 0.2) is 0 Å². The van der Waals surface area contributed by atoms with Gasteiger partial charge in [-0.1, -0.05) is 37.6 Å². The molecule has 2 heterocycles. The Morgan fingerprint density at radius 2 is 2.00 bits per heavy atom. The Kier molecular flexibility index (Phi) is 6.05. The molecule has 8 heteroatoms. The van der Waals surface area contributed by atoms with Gasteiger partial charge in [-0.05, 0) is 30.0 Å².